The minimum absolute atomic E-state index is 0.106. The van der Waals surface area contributed by atoms with E-state index in [4.69, 9.17) is 21.1 Å². The molecule has 1 heterocycles. The number of aromatic nitrogens is 1. The lowest BCUT2D eigenvalue weighted by Gasteiger charge is -2.19. The molecule has 38 heavy (non-hydrogen) atoms. The van der Waals surface area contributed by atoms with Crippen LogP contribution in [-0.2, 0) is 4.74 Å². The van der Waals surface area contributed by atoms with Crippen LogP contribution in [0.25, 0.3) is 23.1 Å². The standard InChI is InChI=1S/C32H28ClNO4/c1-2-3-4-7-19-37-31(22-38-30-12-6-5-11-28(30)32(35)36)25-10-8-9-23(20-25)13-17-27-18-15-24-14-16-26(33)21-29(24)34-27/h5-6,8-18,20-21,31H,2-3,19,22H2,1H3,(H,35,36)/b17-13+. The van der Waals surface area contributed by atoms with E-state index in [0.717, 1.165) is 40.6 Å². The van der Waals surface area contributed by atoms with Crippen LogP contribution in [0.5, 0.6) is 5.75 Å². The van der Waals surface area contributed by atoms with Gasteiger partial charge in [0.25, 0.3) is 0 Å². The molecular weight excluding hydrogens is 498 g/mol. The van der Waals surface area contributed by atoms with Gasteiger partial charge in [0, 0.05) is 16.8 Å². The van der Waals surface area contributed by atoms with Crippen molar-refractivity contribution in [3.8, 4) is 17.6 Å². The number of carboxylic acid groups (broad SMARTS) is 1. The van der Waals surface area contributed by atoms with Crippen molar-refractivity contribution in [2.75, 3.05) is 13.2 Å². The molecule has 0 bridgehead atoms. The highest BCUT2D eigenvalue weighted by Crippen LogP contribution is 2.24. The number of fused-ring (bicyclic) bond motifs is 1. The Balaban J connectivity index is 1.54. The van der Waals surface area contributed by atoms with Crippen LogP contribution in [0.4, 0.5) is 0 Å². The molecule has 0 aliphatic rings. The Kier molecular flexibility index (Phi) is 9.53. The molecule has 4 rings (SSSR count). The lowest BCUT2D eigenvalue weighted by atomic mass is 10.1. The van der Waals surface area contributed by atoms with Crippen LogP contribution in [0.15, 0.2) is 78.9 Å². The van der Waals surface area contributed by atoms with E-state index in [0.29, 0.717) is 10.8 Å². The first-order valence-corrected chi connectivity index (χ1v) is 12.8. The van der Waals surface area contributed by atoms with E-state index in [2.05, 4.69) is 23.7 Å². The number of aromatic carboxylic acids is 1. The highest BCUT2D eigenvalue weighted by Gasteiger charge is 2.16. The van der Waals surface area contributed by atoms with E-state index in [1.54, 1.807) is 18.2 Å². The molecule has 0 amide bonds. The Labute approximate surface area is 227 Å². The summed E-state index contributed by atoms with van der Waals surface area (Å²) >= 11 is 6.12. The van der Waals surface area contributed by atoms with E-state index >= 15 is 0 Å². The molecule has 4 aromatic rings. The maximum absolute atomic E-state index is 11.6. The van der Waals surface area contributed by atoms with Crippen molar-refractivity contribution in [2.24, 2.45) is 0 Å². The Hall–Kier alpha value is -4.11. The number of pyridine rings is 1. The second-order valence-corrected chi connectivity index (χ2v) is 9.03. The maximum Gasteiger partial charge on any atom is 0.339 e. The fourth-order valence-electron chi connectivity index (χ4n) is 3.83. The van der Waals surface area contributed by atoms with Crippen molar-refractivity contribution < 1.29 is 19.4 Å². The summed E-state index contributed by atoms with van der Waals surface area (Å²) in [4.78, 5) is 16.3. The van der Waals surface area contributed by atoms with Gasteiger partial charge in [0.15, 0.2) is 0 Å². The first-order valence-electron chi connectivity index (χ1n) is 12.4. The quantitative estimate of drug-likeness (QED) is 0.215. The van der Waals surface area contributed by atoms with Gasteiger partial charge >= 0.3 is 5.97 Å². The van der Waals surface area contributed by atoms with Crippen molar-refractivity contribution in [2.45, 2.75) is 25.9 Å². The molecule has 0 radical (unpaired) electrons. The lowest BCUT2D eigenvalue weighted by molar-refractivity contribution is 0.0374. The van der Waals surface area contributed by atoms with Gasteiger partial charge in [0.2, 0.25) is 0 Å². The number of ether oxygens (including phenoxy) is 2. The largest absolute Gasteiger partial charge is 0.490 e. The van der Waals surface area contributed by atoms with E-state index in [1.165, 1.54) is 6.07 Å². The molecule has 0 fully saturated rings. The Morgan fingerprint density at radius 2 is 1.87 bits per heavy atom. The average molecular weight is 526 g/mol. The first-order chi connectivity index (χ1) is 18.5. The zero-order valence-electron chi connectivity index (χ0n) is 21.1. The molecule has 3 aromatic carbocycles. The van der Waals surface area contributed by atoms with Gasteiger partial charge in [0.1, 0.15) is 30.6 Å². The summed E-state index contributed by atoms with van der Waals surface area (Å²) in [6, 6.07) is 24.1. The molecule has 0 aliphatic heterocycles. The molecule has 1 aromatic heterocycles. The van der Waals surface area contributed by atoms with Gasteiger partial charge in [-0.3, -0.25) is 0 Å². The van der Waals surface area contributed by atoms with Crippen molar-refractivity contribution in [3.05, 3.63) is 106 Å². The summed E-state index contributed by atoms with van der Waals surface area (Å²) < 4.78 is 12.0. The normalized spacial score (nSPS) is 11.7. The molecule has 0 aliphatic carbocycles. The van der Waals surface area contributed by atoms with Crippen molar-refractivity contribution in [1.82, 2.24) is 4.98 Å². The van der Waals surface area contributed by atoms with Gasteiger partial charge in [-0.05, 0) is 60.0 Å². The van der Waals surface area contributed by atoms with Gasteiger partial charge in [0.05, 0.1) is 11.2 Å². The molecule has 0 spiro atoms. The number of carbonyl (C=O) groups is 1. The van der Waals surface area contributed by atoms with Crippen molar-refractivity contribution in [3.63, 3.8) is 0 Å². The molecule has 0 saturated heterocycles. The van der Waals surface area contributed by atoms with Crippen LogP contribution in [0.3, 0.4) is 0 Å². The number of para-hydroxylation sites is 1. The third-order valence-electron chi connectivity index (χ3n) is 5.77. The van der Waals surface area contributed by atoms with Crippen molar-refractivity contribution in [1.29, 1.82) is 0 Å². The third kappa shape index (κ3) is 7.45. The second kappa shape index (κ2) is 13.4. The van der Waals surface area contributed by atoms with Crippen LogP contribution in [0.2, 0.25) is 5.02 Å². The summed E-state index contributed by atoms with van der Waals surface area (Å²) in [7, 11) is 0. The van der Waals surface area contributed by atoms with Gasteiger partial charge in [-0.2, -0.15) is 0 Å². The predicted octanol–water partition coefficient (Wildman–Crippen LogP) is 7.70. The Morgan fingerprint density at radius 3 is 2.71 bits per heavy atom. The SMILES string of the molecule is CCCC#CCOC(COc1ccccc1C(=O)O)c1cccc(/C=C/c2ccc3ccc(Cl)cc3n2)c1. The van der Waals surface area contributed by atoms with E-state index in [9.17, 15) is 9.90 Å². The number of benzene rings is 3. The highest BCUT2D eigenvalue weighted by molar-refractivity contribution is 6.31. The zero-order valence-corrected chi connectivity index (χ0v) is 21.8. The highest BCUT2D eigenvalue weighted by atomic mass is 35.5. The van der Waals surface area contributed by atoms with Gasteiger partial charge in [-0.15, -0.1) is 5.92 Å². The predicted molar refractivity (Wildman–Crippen MR) is 152 cm³/mol. The van der Waals surface area contributed by atoms with E-state index in [-0.39, 0.29) is 18.8 Å². The Bertz CT molecular complexity index is 1500. The van der Waals surface area contributed by atoms with Gasteiger partial charge < -0.3 is 14.6 Å². The molecular formula is C32H28ClNO4. The number of rotatable bonds is 10. The van der Waals surface area contributed by atoms with Gasteiger partial charge in [-0.25, -0.2) is 9.78 Å². The molecule has 1 atom stereocenters. The fraction of sp³-hybridized carbons (Fsp3) is 0.188. The lowest BCUT2D eigenvalue weighted by Crippen LogP contribution is -2.16. The molecule has 1 N–H and O–H groups in total. The van der Waals surface area contributed by atoms with Gasteiger partial charge in [-0.1, -0.05) is 73.0 Å². The van der Waals surface area contributed by atoms with E-state index < -0.39 is 12.1 Å². The molecule has 0 saturated carbocycles. The third-order valence-corrected chi connectivity index (χ3v) is 6.00. The number of halogens is 1. The minimum Gasteiger partial charge on any atom is -0.490 e. The van der Waals surface area contributed by atoms with Crippen LogP contribution in [0, 0.1) is 11.8 Å². The number of carboxylic acids is 1. The number of nitrogens with zero attached hydrogens (tertiary/aromatic N) is 1. The summed E-state index contributed by atoms with van der Waals surface area (Å²) in [5.41, 5.74) is 3.63. The molecule has 5 nitrogen and oxygen atoms in total. The first kappa shape index (κ1) is 26.9. The van der Waals surface area contributed by atoms with Crippen LogP contribution in [-0.4, -0.2) is 29.3 Å². The summed E-state index contributed by atoms with van der Waals surface area (Å²) in [6.45, 7) is 2.46. The second-order valence-electron chi connectivity index (χ2n) is 8.59. The van der Waals surface area contributed by atoms with Crippen LogP contribution < -0.4 is 4.74 Å². The molecule has 1 unspecified atom stereocenters. The molecule has 192 valence electrons. The van der Waals surface area contributed by atoms with Crippen molar-refractivity contribution >= 4 is 40.6 Å². The monoisotopic (exact) mass is 525 g/mol. The number of unbranched alkanes of at least 4 members (excludes halogenated alkanes) is 1. The zero-order chi connectivity index (χ0) is 26.7. The average Bonchev–Trinajstić information content (AvgIpc) is 2.93. The van der Waals surface area contributed by atoms with Crippen LogP contribution in [0.1, 0.15) is 53.0 Å². The van der Waals surface area contributed by atoms with Crippen LogP contribution >= 0.6 is 11.6 Å². The maximum atomic E-state index is 11.6. The smallest absolute Gasteiger partial charge is 0.339 e. The fourth-order valence-corrected chi connectivity index (χ4v) is 3.99. The summed E-state index contributed by atoms with van der Waals surface area (Å²) in [6.07, 6.45) is 5.29. The summed E-state index contributed by atoms with van der Waals surface area (Å²) in [5, 5.41) is 11.2. The minimum atomic E-state index is -1.04. The van der Waals surface area contributed by atoms with E-state index in [1.807, 2.05) is 66.7 Å². The topological polar surface area (TPSA) is 68.7 Å². The molecule has 6 heteroatoms. The Morgan fingerprint density at radius 1 is 1.03 bits per heavy atom. The number of hydrogen-bond donors (Lipinski definition) is 1. The summed E-state index contributed by atoms with van der Waals surface area (Å²) in [5.74, 6) is 5.38. The number of hydrogen-bond acceptors (Lipinski definition) is 4.